The Labute approximate surface area is 105 Å². The van der Waals surface area contributed by atoms with Gasteiger partial charge in [-0.2, -0.15) is 0 Å². The van der Waals surface area contributed by atoms with Gasteiger partial charge in [-0.25, -0.2) is 0 Å². The van der Waals surface area contributed by atoms with Crippen LogP contribution in [0.4, 0.5) is 0 Å². The lowest BCUT2D eigenvalue weighted by molar-refractivity contribution is -0.113. The van der Waals surface area contributed by atoms with Crippen LogP contribution in [0.2, 0.25) is 0 Å². The molecule has 1 saturated heterocycles. The molecular formula is C14H25NO2. The van der Waals surface area contributed by atoms with Crippen LogP contribution in [0, 0.1) is 0 Å². The fourth-order valence-electron chi connectivity index (χ4n) is 2.21. The van der Waals surface area contributed by atoms with Crippen LogP contribution in [-0.2, 0) is 9.47 Å². The van der Waals surface area contributed by atoms with Crippen molar-refractivity contribution in [3.8, 4) is 0 Å². The maximum Gasteiger partial charge on any atom is 0.0760 e. The molecule has 3 nitrogen and oxygen atoms in total. The van der Waals surface area contributed by atoms with Gasteiger partial charge in [-0.15, -0.1) is 0 Å². The van der Waals surface area contributed by atoms with E-state index in [1.807, 2.05) is 12.2 Å². The maximum absolute atomic E-state index is 6.07. The Morgan fingerprint density at radius 3 is 2.53 bits per heavy atom. The van der Waals surface area contributed by atoms with Crippen LogP contribution in [0.1, 0.15) is 40.0 Å². The summed E-state index contributed by atoms with van der Waals surface area (Å²) >= 11 is 0. The molecule has 2 N–H and O–H groups in total. The molecule has 0 radical (unpaired) electrons. The van der Waals surface area contributed by atoms with Gasteiger partial charge in [0.2, 0.25) is 0 Å². The number of allylic oxidation sites excluding steroid dienone is 1. The van der Waals surface area contributed by atoms with Crippen molar-refractivity contribution in [2.45, 2.75) is 64.4 Å². The second-order valence-corrected chi connectivity index (χ2v) is 4.87. The summed E-state index contributed by atoms with van der Waals surface area (Å²) in [5.41, 5.74) is 6.09. The van der Waals surface area contributed by atoms with E-state index >= 15 is 0 Å². The lowest BCUT2D eigenvalue weighted by atomic mass is 10.0. The van der Waals surface area contributed by atoms with Crippen LogP contribution in [-0.4, -0.2) is 24.4 Å². The van der Waals surface area contributed by atoms with E-state index in [9.17, 15) is 0 Å². The molecule has 1 aliphatic rings. The third-order valence-corrected chi connectivity index (χ3v) is 2.95. The average molecular weight is 239 g/mol. The molecular weight excluding hydrogens is 214 g/mol. The highest BCUT2D eigenvalue weighted by atomic mass is 16.5. The van der Waals surface area contributed by atoms with Gasteiger partial charge in [0.15, 0.2) is 0 Å². The van der Waals surface area contributed by atoms with Gasteiger partial charge in [-0.1, -0.05) is 19.6 Å². The number of nitrogens with two attached hydrogens (primary N) is 1. The number of ether oxygens (including phenoxy) is 2. The van der Waals surface area contributed by atoms with E-state index in [4.69, 9.17) is 15.2 Å². The summed E-state index contributed by atoms with van der Waals surface area (Å²) in [6, 6.07) is 0. The monoisotopic (exact) mass is 239 g/mol. The van der Waals surface area contributed by atoms with Crippen molar-refractivity contribution < 1.29 is 9.47 Å². The normalized spacial score (nSPS) is 31.6. The first-order valence-corrected chi connectivity index (χ1v) is 6.44. The summed E-state index contributed by atoms with van der Waals surface area (Å²) in [6.07, 6.45) is 7.69. The fourth-order valence-corrected chi connectivity index (χ4v) is 2.21. The summed E-state index contributed by atoms with van der Waals surface area (Å²) in [4.78, 5) is 0. The number of rotatable bonds is 5. The molecule has 1 aliphatic heterocycles. The van der Waals surface area contributed by atoms with Crippen molar-refractivity contribution in [1.29, 1.82) is 0 Å². The molecule has 0 spiro atoms. The predicted octanol–water partition coefficient (Wildman–Crippen LogP) is 2.77. The minimum atomic E-state index is 0.123. The Morgan fingerprint density at radius 1 is 1.47 bits per heavy atom. The van der Waals surface area contributed by atoms with Crippen molar-refractivity contribution in [3.63, 3.8) is 0 Å². The van der Waals surface area contributed by atoms with Gasteiger partial charge >= 0.3 is 0 Å². The van der Waals surface area contributed by atoms with Crippen molar-refractivity contribution in [2.24, 2.45) is 5.73 Å². The smallest absolute Gasteiger partial charge is 0.0760 e. The molecule has 0 aromatic heterocycles. The minimum Gasteiger partial charge on any atom is -0.399 e. The van der Waals surface area contributed by atoms with Crippen LogP contribution in [0.3, 0.4) is 0 Å². The highest BCUT2D eigenvalue weighted by Gasteiger charge is 2.26. The zero-order valence-corrected chi connectivity index (χ0v) is 11.2. The lowest BCUT2D eigenvalue weighted by Gasteiger charge is -2.33. The van der Waals surface area contributed by atoms with Crippen LogP contribution < -0.4 is 5.73 Å². The zero-order chi connectivity index (χ0) is 12.8. The standard InChI is InChI=1S/C14H25NO2/c1-5-13(7-6-10(2)15)17-14-8-11(3)16-12(4)9-14/h6-7,11-14H,2,5,8-9,15H2,1,3-4H3/b7-6-. The molecule has 0 aromatic carbocycles. The van der Waals surface area contributed by atoms with E-state index in [2.05, 4.69) is 27.4 Å². The summed E-state index contributed by atoms with van der Waals surface area (Å²) in [5, 5.41) is 0. The second kappa shape index (κ2) is 6.82. The molecule has 1 fully saturated rings. The number of hydrogen-bond donors (Lipinski definition) is 1. The Hall–Kier alpha value is -0.800. The van der Waals surface area contributed by atoms with E-state index < -0.39 is 0 Å². The van der Waals surface area contributed by atoms with E-state index in [1.165, 1.54) is 0 Å². The maximum atomic E-state index is 6.07. The van der Waals surface area contributed by atoms with Crippen molar-refractivity contribution >= 4 is 0 Å². The molecule has 3 heteroatoms. The van der Waals surface area contributed by atoms with Gasteiger partial charge in [0.1, 0.15) is 0 Å². The second-order valence-electron chi connectivity index (χ2n) is 4.87. The highest BCUT2D eigenvalue weighted by Crippen LogP contribution is 2.23. The Morgan fingerprint density at radius 2 is 2.06 bits per heavy atom. The Bertz CT molecular complexity index is 265. The van der Waals surface area contributed by atoms with Gasteiger partial charge in [-0.3, -0.25) is 0 Å². The van der Waals surface area contributed by atoms with Gasteiger partial charge in [0.25, 0.3) is 0 Å². The third kappa shape index (κ3) is 5.37. The minimum absolute atomic E-state index is 0.123. The summed E-state index contributed by atoms with van der Waals surface area (Å²) in [5.74, 6) is 0. The SMILES string of the molecule is C=C(N)/C=C\C(CC)OC1CC(C)OC(C)C1. The molecule has 0 amide bonds. The van der Waals surface area contributed by atoms with E-state index in [0.717, 1.165) is 19.3 Å². The molecule has 0 aliphatic carbocycles. The molecule has 0 bridgehead atoms. The Balaban J connectivity index is 2.47. The molecule has 0 aromatic rings. The first-order valence-electron chi connectivity index (χ1n) is 6.44. The van der Waals surface area contributed by atoms with E-state index in [0.29, 0.717) is 5.70 Å². The fraction of sp³-hybridized carbons (Fsp3) is 0.714. The summed E-state index contributed by atoms with van der Waals surface area (Å²) < 4.78 is 11.8. The third-order valence-electron chi connectivity index (χ3n) is 2.95. The highest BCUT2D eigenvalue weighted by molar-refractivity contribution is 5.11. The van der Waals surface area contributed by atoms with E-state index in [-0.39, 0.29) is 24.4 Å². The van der Waals surface area contributed by atoms with Gasteiger partial charge < -0.3 is 15.2 Å². The quantitative estimate of drug-likeness (QED) is 0.750. The van der Waals surface area contributed by atoms with Crippen LogP contribution in [0.25, 0.3) is 0 Å². The predicted molar refractivity (Wildman–Crippen MR) is 70.7 cm³/mol. The molecule has 1 rings (SSSR count). The molecule has 0 saturated carbocycles. The molecule has 3 atom stereocenters. The van der Waals surface area contributed by atoms with Crippen molar-refractivity contribution in [1.82, 2.24) is 0 Å². The van der Waals surface area contributed by atoms with Crippen LogP contribution in [0.5, 0.6) is 0 Å². The lowest BCUT2D eigenvalue weighted by Crippen LogP contribution is -2.35. The summed E-state index contributed by atoms with van der Waals surface area (Å²) in [6.45, 7) is 9.96. The first-order chi connectivity index (χ1) is 8.01. The van der Waals surface area contributed by atoms with Crippen molar-refractivity contribution in [2.75, 3.05) is 0 Å². The number of hydrogen-bond acceptors (Lipinski definition) is 3. The van der Waals surface area contributed by atoms with Gasteiger partial charge in [-0.05, 0) is 39.2 Å². The molecule has 17 heavy (non-hydrogen) atoms. The average Bonchev–Trinajstić information content (AvgIpc) is 2.22. The van der Waals surface area contributed by atoms with Crippen molar-refractivity contribution in [3.05, 3.63) is 24.4 Å². The largest absolute Gasteiger partial charge is 0.399 e. The Kier molecular flexibility index (Phi) is 5.72. The van der Waals surface area contributed by atoms with E-state index in [1.54, 1.807) is 0 Å². The van der Waals surface area contributed by atoms with Crippen LogP contribution >= 0.6 is 0 Å². The van der Waals surface area contributed by atoms with Gasteiger partial charge in [0, 0.05) is 5.70 Å². The zero-order valence-electron chi connectivity index (χ0n) is 11.2. The first kappa shape index (κ1) is 14.3. The molecule has 3 unspecified atom stereocenters. The molecule has 1 heterocycles. The van der Waals surface area contributed by atoms with Crippen LogP contribution in [0.15, 0.2) is 24.4 Å². The topological polar surface area (TPSA) is 44.5 Å². The van der Waals surface area contributed by atoms with Gasteiger partial charge in [0.05, 0.1) is 24.4 Å². The molecule has 98 valence electrons. The summed E-state index contributed by atoms with van der Waals surface area (Å²) in [7, 11) is 0.